The number of para-hydroxylation sites is 2. The van der Waals surface area contributed by atoms with Gasteiger partial charge in [-0.1, -0.05) is 121 Å². The Bertz CT molecular complexity index is 1900. The lowest BCUT2D eigenvalue weighted by molar-refractivity contribution is 0.0922. The van der Waals surface area contributed by atoms with Crippen LogP contribution >= 0.6 is 0 Å². The largest absolute Gasteiger partial charge is 0.485 e. The van der Waals surface area contributed by atoms with E-state index < -0.39 is 5.54 Å². The number of hydrogen-bond donors (Lipinski definition) is 0. The van der Waals surface area contributed by atoms with Gasteiger partial charge in [0, 0.05) is 17.1 Å². The van der Waals surface area contributed by atoms with Crippen molar-refractivity contribution in [3.05, 3.63) is 181 Å². The predicted octanol–water partition coefficient (Wildman–Crippen LogP) is 8.40. The number of imidazole rings is 1. The Morgan fingerprint density at radius 3 is 1.91 bits per heavy atom. The summed E-state index contributed by atoms with van der Waals surface area (Å²) in [4.78, 5) is 18.0. The van der Waals surface area contributed by atoms with Gasteiger partial charge >= 0.3 is 0 Å². The molecule has 0 bridgehead atoms. The number of nitrogens with zero attached hydrogens (tertiary/aromatic N) is 2. The molecule has 7 rings (SSSR count). The van der Waals surface area contributed by atoms with E-state index in [9.17, 15) is 4.79 Å². The number of benzene rings is 5. The van der Waals surface area contributed by atoms with Crippen molar-refractivity contribution in [2.75, 3.05) is 6.61 Å². The second-order valence-electron chi connectivity index (χ2n) is 10.3. The molecule has 5 aromatic carbocycles. The summed E-state index contributed by atoms with van der Waals surface area (Å²) in [5.74, 6) is 0.431. The number of hydrogen-bond acceptors (Lipinski definition) is 4. The number of carbonyl (C=O) groups excluding carboxylic acids is 1. The highest BCUT2D eigenvalue weighted by Crippen LogP contribution is 2.42. The summed E-state index contributed by atoms with van der Waals surface area (Å²) in [5, 5.41) is 0.780. The third-order valence-electron chi connectivity index (χ3n) is 7.85. The molecule has 5 heteroatoms. The summed E-state index contributed by atoms with van der Waals surface area (Å²) in [7, 11) is 0. The minimum atomic E-state index is -0.677. The van der Waals surface area contributed by atoms with E-state index in [0.717, 1.165) is 33.3 Å². The molecular formula is C38H28N2O3. The molecule has 0 atom stereocenters. The molecule has 2 heterocycles. The summed E-state index contributed by atoms with van der Waals surface area (Å²) < 4.78 is 13.9. The van der Waals surface area contributed by atoms with Crippen LogP contribution in [0.5, 0.6) is 5.75 Å². The van der Waals surface area contributed by atoms with Crippen LogP contribution in [-0.2, 0) is 5.54 Å². The van der Waals surface area contributed by atoms with Gasteiger partial charge in [0.1, 0.15) is 23.1 Å². The fourth-order valence-corrected chi connectivity index (χ4v) is 5.85. The first-order valence-electron chi connectivity index (χ1n) is 14.2. The number of carbonyl (C=O) groups is 1. The van der Waals surface area contributed by atoms with Crippen LogP contribution in [0.2, 0.25) is 0 Å². The highest BCUT2D eigenvalue weighted by Gasteiger charge is 2.38. The maximum absolute atomic E-state index is 13.1. The zero-order chi connectivity index (χ0) is 29.1. The van der Waals surface area contributed by atoms with E-state index in [2.05, 4.69) is 83.6 Å². The minimum Gasteiger partial charge on any atom is -0.485 e. The van der Waals surface area contributed by atoms with Crippen molar-refractivity contribution in [3.63, 3.8) is 0 Å². The van der Waals surface area contributed by atoms with Crippen LogP contribution < -0.4 is 4.74 Å². The molecule has 0 fully saturated rings. The van der Waals surface area contributed by atoms with E-state index in [1.807, 2.05) is 73.1 Å². The Kier molecular flexibility index (Phi) is 6.89. The number of ketones is 1. The molecule has 43 heavy (non-hydrogen) atoms. The Morgan fingerprint density at radius 1 is 0.698 bits per heavy atom. The quantitative estimate of drug-likeness (QED) is 0.131. The normalized spacial score (nSPS) is 11.4. The van der Waals surface area contributed by atoms with Crippen molar-refractivity contribution in [3.8, 4) is 17.0 Å². The summed E-state index contributed by atoms with van der Waals surface area (Å²) in [6.07, 6.45) is 5.43. The molecule has 0 amide bonds. The molecule has 0 spiro atoms. The average Bonchev–Trinajstić information content (AvgIpc) is 3.74. The van der Waals surface area contributed by atoms with E-state index in [1.165, 1.54) is 6.26 Å². The Labute approximate surface area is 249 Å². The standard InChI is InChI=1S/C38H28N2O3/c41-35(33-25-42-36-22-12-10-20-31(33)36)26-43-37-23-13-11-21-32(37)34-24-40(27-39-34)38(28-14-4-1-5-15-28,29-16-6-2-7-17-29)30-18-8-3-9-19-30/h1-25,27H,26H2. The molecule has 208 valence electrons. The van der Waals surface area contributed by atoms with Crippen molar-refractivity contribution in [1.29, 1.82) is 0 Å². The maximum Gasteiger partial charge on any atom is 0.204 e. The van der Waals surface area contributed by atoms with E-state index in [1.54, 1.807) is 0 Å². The first-order valence-corrected chi connectivity index (χ1v) is 14.2. The molecule has 5 nitrogen and oxygen atoms in total. The Morgan fingerprint density at radius 2 is 1.26 bits per heavy atom. The Balaban J connectivity index is 1.29. The average molecular weight is 561 g/mol. The molecule has 0 unspecified atom stereocenters. The monoisotopic (exact) mass is 560 g/mol. The van der Waals surface area contributed by atoms with Gasteiger partial charge in [0.2, 0.25) is 5.78 Å². The van der Waals surface area contributed by atoms with Crippen molar-refractivity contribution in [1.82, 2.24) is 9.55 Å². The molecule has 0 aliphatic rings. The Hall–Kier alpha value is -5.68. The SMILES string of the molecule is O=C(COc1ccccc1-c1cn(C(c2ccccc2)(c2ccccc2)c2ccccc2)cn1)c1coc2ccccc12. The van der Waals surface area contributed by atoms with Crippen LogP contribution in [0.15, 0.2) is 163 Å². The molecule has 2 aromatic heterocycles. The number of ether oxygens (including phenoxy) is 1. The number of fused-ring (bicyclic) bond motifs is 1. The van der Waals surface area contributed by atoms with E-state index >= 15 is 0 Å². The van der Waals surface area contributed by atoms with Crippen LogP contribution in [0.1, 0.15) is 27.0 Å². The highest BCUT2D eigenvalue weighted by atomic mass is 16.5. The van der Waals surface area contributed by atoms with E-state index in [0.29, 0.717) is 16.9 Å². The van der Waals surface area contributed by atoms with Crippen LogP contribution in [0.4, 0.5) is 0 Å². The van der Waals surface area contributed by atoms with Gasteiger partial charge in [-0.3, -0.25) is 4.79 Å². The van der Waals surface area contributed by atoms with Crippen molar-refractivity contribution >= 4 is 16.8 Å². The van der Waals surface area contributed by atoms with Gasteiger partial charge < -0.3 is 13.7 Å². The fourth-order valence-electron chi connectivity index (χ4n) is 5.85. The van der Waals surface area contributed by atoms with Gasteiger partial charge in [-0.2, -0.15) is 0 Å². The number of aromatic nitrogens is 2. The zero-order valence-electron chi connectivity index (χ0n) is 23.3. The molecule has 0 aliphatic heterocycles. The zero-order valence-corrected chi connectivity index (χ0v) is 23.3. The summed E-state index contributed by atoms with van der Waals surface area (Å²) in [6, 6.07) is 46.6. The second-order valence-corrected chi connectivity index (χ2v) is 10.3. The highest BCUT2D eigenvalue weighted by molar-refractivity contribution is 6.07. The topological polar surface area (TPSA) is 57.3 Å². The van der Waals surface area contributed by atoms with Gasteiger partial charge in [-0.25, -0.2) is 4.98 Å². The van der Waals surface area contributed by atoms with Gasteiger partial charge in [-0.05, 0) is 34.9 Å². The molecule has 7 aromatic rings. The third-order valence-corrected chi connectivity index (χ3v) is 7.85. The van der Waals surface area contributed by atoms with Gasteiger partial charge in [0.25, 0.3) is 0 Å². The second kappa shape index (κ2) is 11.3. The van der Waals surface area contributed by atoms with Crippen molar-refractivity contribution in [2.24, 2.45) is 0 Å². The van der Waals surface area contributed by atoms with Crippen LogP contribution in [0, 0.1) is 0 Å². The van der Waals surface area contributed by atoms with Crippen molar-refractivity contribution < 1.29 is 13.9 Å². The van der Waals surface area contributed by atoms with E-state index in [4.69, 9.17) is 14.1 Å². The van der Waals surface area contributed by atoms with Crippen molar-refractivity contribution in [2.45, 2.75) is 5.54 Å². The molecule has 0 saturated heterocycles. The summed E-state index contributed by atoms with van der Waals surface area (Å²) >= 11 is 0. The first-order chi connectivity index (χ1) is 21.2. The molecular weight excluding hydrogens is 532 g/mol. The lowest BCUT2D eigenvalue weighted by atomic mass is 9.77. The van der Waals surface area contributed by atoms with Crippen LogP contribution in [0.3, 0.4) is 0 Å². The molecule has 0 aliphatic carbocycles. The molecule has 0 N–H and O–H groups in total. The predicted molar refractivity (Wildman–Crippen MR) is 168 cm³/mol. The smallest absolute Gasteiger partial charge is 0.204 e. The van der Waals surface area contributed by atoms with E-state index in [-0.39, 0.29) is 12.4 Å². The molecule has 0 saturated carbocycles. The van der Waals surface area contributed by atoms with Gasteiger partial charge in [-0.15, -0.1) is 0 Å². The van der Waals surface area contributed by atoms with Crippen LogP contribution in [-0.4, -0.2) is 21.9 Å². The first kappa shape index (κ1) is 26.2. The number of furan rings is 1. The molecule has 0 radical (unpaired) electrons. The summed E-state index contributed by atoms with van der Waals surface area (Å²) in [6.45, 7) is -0.122. The van der Waals surface area contributed by atoms with Gasteiger partial charge in [0.15, 0.2) is 6.61 Å². The number of rotatable bonds is 9. The minimum absolute atomic E-state index is 0.122. The lowest BCUT2D eigenvalue weighted by Gasteiger charge is -2.37. The number of Topliss-reactive ketones (excluding diaryl/α,β-unsaturated/α-hetero) is 1. The third kappa shape index (κ3) is 4.71. The lowest BCUT2D eigenvalue weighted by Crippen LogP contribution is -2.36. The summed E-state index contributed by atoms with van der Waals surface area (Å²) in [5.41, 5.74) is 5.38. The van der Waals surface area contributed by atoms with Crippen LogP contribution in [0.25, 0.3) is 22.2 Å². The fraction of sp³-hybridized carbons (Fsp3) is 0.0526. The maximum atomic E-state index is 13.1. The van der Waals surface area contributed by atoms with Gasteiger partial charge in [0.05, 0.1) is 17.6 Å².